The van der Waals surface area contributed by atoms with E-state index in [1.807, 2.05) is 0 Å². The molecule has 0 spiro atoms. The maximum atomic E-state index is 13.5. The molecule has 0 heterocycles. The molecule has 17 heavy (non-hydrogen) atoms. The fourth-order valence-corrected chi connectivity index (χ4v) is 1.67. The first-order valence-electron chi connectivity index (χ1n) is 5.44. The van der Waals surface area contributed by atoms with Gasteiger partial charge in [0.1, 0.15) is 0 Å². The van der Waals surface area contributed by atoms with Crippen LogP contribution in [0.3, 0.4) is 0 Å². The van der Waals surface area contributed by atoms with Crippen LogP contribution in [0.15, 0.2) is 12.1 Å². The van der Waals surface area contributed by atoms with Crippen molar-refractivity contribution in [3.05, 3.63) is 29.1 Å². The molecule has 96 valence electrons. The van der Waals surface area contributed by atoms with Gasteiger partial charge < -0.3 is 10.5 Å². The Balaban J connectivity index is 2.97. The first kappa shape index (κ1) is 13.8. The highest BCUT2D eigenvalue weighted by Gasteiger charge is 2.16. The van der Waals surface area contributed by atoms with Crippen molar-refractivity contribution in [2.75, 3.05) is 13.7 Å². The van der Waals surface area contributed by atoms with Crippen molar-refractivity contribution in [2.45, 2.75) is 25.7 Å². The van der Waals surface area contributed by atoms with E-state index >= 15 is 0 Å². The molecule has 0 saturated carbocycles. The summed E-state index contributed by atoms with van der Waals surface area (Å²) in [5.74, 6) is -0.695. The molecule has 0 unspecified atom stereocenters. The van der Waals surface area contributed by atoms with Crippen molar-refractivity contribution in [1.82, 2.24) is 0 Å². The average molecular weight is 247 g/mol. The molecule has 0 aliphatic heterocycles. The second kappa shape index (κ2) is 6.49. The topological polar surface area (TPSA) is 35.2 Å². The van der Waals surface area contributed by atoms with E-state index in [1.165, 1.54) is 13.2 Å². The summed E-state index contributed by atoms with van der Waals surface area (Å²) in [5, 5.41) is 0. The number of nitrogens with two attached hydrogens (primary N) is 1. The van der Waals surface area contributed by atoms with E-state index in [4.69, 9.17) is 10.5 Å². The quantitative estimate of drug-likeness (QED) is 0.784. The maximum absolute atomic E-state index is 13.5. The number of hydrogen-bond donors (Lipinski definition) is 1. The predicted molar refractivity (Wildman–Crippen MR) is 59.9 cm³/mol. The SMILES string of the molecule is COc1c(F)cc(C(F)F)cc1CCCCN. The van der Waals surface area contributed by atoms with Crippen molar-refractivity contribution >= 4 is 0 Å². The average Bonchev–Trinajstić information content (AvgIpc) is 2.28. The summed E-state index contributed by atoms with van der Waals surface area (Å²) in [6, 6.07) is 2.11. The predicted octanol–water partition coefficient (Wildman–Crippen LogP) is 3.05. The molecule has 0 aliphatic rings. The Labute approximate surface area is 98.6 Å². The Morgan fingerprint density at radius 2 is 2.00 bits per heavy atom. The van der Waals surface area contributed by atoms with E-state index in [2.05, 4.69) is 0 Å². The van der Waals surface area contributed by atoms with E-state index in [9.17, 15) is 13.2 Å². The molecule has 0 amide bonds. The van der Waals surface area contributed by atoms with Gasteiger partial charge in [0.25, 0.3) is 6.43 Å². The maximum Gasteiger partial charge on any atom is 0.263 e. The number of benzene rings is 1. The smallest absolute Gasteiger partial charge is 0.263 e. The summed E-state index contributed by atoms with van der Waals surface area (Å²) in [4.78, 5) is 0. The van der Waals surface area contributed by atoms with Crippen molar-refractivity contribution < 1.29 is 17.9 Å². The van der Waals surface area contributed by atoms with E-state index in [1.54, 1.807) is 0 Å². The Bertz CT molecular complexity index is 369. The molecule has 2 nitrogen and oxygen atoms in total. The largest absolute Gasteiger partial charge is 0.493 e. The standard InChI is InChI=1S/C12H16F3NO/c1-17-11-8(4-2-3-5-16)6-9(12(14)15)7-10(11)13/h6-7,12H,2-5,16H2,1H3. The van der Waals surface area contributed by atoms with Crippen LogP contribution in [0.1, 0.15) is 30.4 Å². The van der Waals surface area contributed by atoms with Crippen LogP contribution >= 0.6 is 0 Å². The zero-order valence-electron chi connectivity index (χ0n) is 9.68. The Morgan fingerprint density at radius 1 is 1.29 bits per heavy atom. The molecule has 0 radical (unpaired) electrons. The van der Waals surface area contributed by atoms with Gasteiger partial charge >= 0.3 is 0 Å². The van der Waals surface area contributed by atoms with Crippen LogP contribution in [0.25, 0.3) is 0 Å². The fraction of sp³-hybridized carbons (Fsp3) is 0.500. The van der Waals surface area contributed by atoms with Crippen LogP contribution in [0, 0.1) is 5.82 Å². The highest BCUT2D eigenvalue weighted by molar-refractivity contribution is 5.39. The third-order valence-corrected chi connectivity index (χ3v) is 2.50. The minimum atomic E-state index is -2.68. The molecule has 0 fully saturated rings. The number of alkyl halides is 2. The van der Waals surface area contributed by atoms with Gasteiger partial charge in [-0.1, -0.05) is 0 Å². The summed E-state index contributed by atoms with van der Waals surface area (Å²) >= 11 is 0. The third kappa shape index (κ3) is 3.63. The summed E-state index contributed by atoms with van der Waals surface area (Å²) in [5.41, 5.74) is 5.50. The van der Waals surface area contributed by atoms with Crippen molar-refractivity contribution in [3.8, 4) is 5.75 Å². The first-order chi connectivity index (χ1) is 8.10. The molecular formula is C12H16F3NO. The molecule has 1 aromatic rings. The fourth-order valence-electron chi connectivity index (χ4n) is 1.67. The van der Waals surface area contributed by atoms with Crippen LogP contribution < -0.4 is 10.5 Å². The molecule has 0 aromatic heterocycles. The third-order valence-electron chi connectivity index (χ3n) is 2.50. The van der Waals surface area contributed by atoms with Gasteiger partial charge in [-0.3, -0.25) is 0 Å². The van der Waals surface area contributed by atoms with Crippen molar-refractivity contribution in [2.24, 2.45) is 5.73 Å². The molecule has 0 saturated heterocycles. The lowest BCUT2D eigenvalue weighted by Gasteiger charge is -2.11. The molecule has 5 heteroatoms. The number of unbranched alkanes of at least 4 members (excludes halogenated alkanes) is 1. The molecule has 0 aliphatic carbocycles. The number of halogens is 3. The highest BCUT2D eigenvalue weighted by atomic mass is 19.3. The van der Waals surface area contributed by atoms with Crippen LogP contribution in [0.4, 0.5) is 13.2 Å². The van der Waals surface area contributed by atoms with Crippen molar-refractivity contribution in [3.63, 3.8) is 0 Å². The van der Waals surface area contributed by atoms with E-state index < -0.39 is 12.2 Å². The highest BCUT2D eigenvalue weighted by Crippen LogP contribution is 2.30. The minimum Gasteiger partial charge on any atom is -0.493 e. The van der Waals surface area contributed by atoms with E-state index in [0.29, 0.717) is 18.5 Å². The van der Waals surface area contributed by atoms with Gasteiger partial charge in [0, 0.05) is 5.56 Å². The van der Waals surface area contributed by atoms with Gasteiger partial charge in [0.15, 0.2) is 11.6 Å². The summed E-state index contributed by atoms with van der Waals surface area (Å²) in [6.45, 7) is 0.527. The number of rotatable bonds is 6. The summed E-state index contributed by atoms with van der Waals surface area (Å²) < 4.78 is 43.4. The van der Waals surface area contributed by atoms with Gasteiger partial charge in [-0.25, -0.2) is 13.2 Å². The first-order valence-corrected chi connectivity index (χ1v) is 5.44. The summed E-state index contributed by atoms with van der Waals surface area (Å²) in [7, 11) is 1.33. The molecule has 0 atom stereocenters. The Morgan fingerprint density at radius 3 is 2.53 bits per heavy atom. The van der Waals surface area contributed by atoms with Crippen molar-refractivity contribution in [1.29, 1.82) is 0 Å². The number of ether oxygens (including phenoxy) is 1. The van der Waals surface area contributed by atoms with Crippen LogP contribution in [0.5, 0.6) is 5.75 Å². The van der Waals surface area contributed by atoms with Gasteiger partial charge in [-0.15, -0.1) is 0 Å². The van der Waals surface area contributed by atoms with Gasteiger partial charge in [0.2, 0.25) is 0 Å². The van der Waals surface area contributed by atoms with Gasteiger partial charge in [0.05, 0.1) is 7.11 Å². The molecule has 2 N–H and O–H groups in total. The minimum absolute atomic E-state index is 0.0476. The van der Waals surface area contributed by atoms with Gasteiger partial charge in [-0.2, -0.15) is 0 Å². The second-order valence-electron chi connectivity index (χ2n) is 3.74. The zero-order valence-corrected chi connectivity index (χ0v) is 9.68. The lowest BCUT2D eigenvalue weighted by atomic mass is 10.0. The Kier molecular flexibility index (Phi) is 5.28. The van der Waals surface area contributed by atoms with Crippen LogP contribution in [-0.4, -0.2) is 13.7 Å². The number of methoxy groups -OCH3 is 1. The molecule has 1 rings (SSSR count). The van der Waals surface area contributed by atoms with E-state index in [0.717, 1.165) is 18.9 Å². The van der Waals surface area contributed by atoms with Crippen LogP contribution in [0.2, 0.25) is 0 Å². The second-order valence-corrected chi connectivity index (χ2v) is 3.74. The van der Waals surface area contributed by atoms with E-state index in [-0.39, 0.29) is 11.3 Å². The number of aryl methyl sites for hydroxylation is 1. The van der Waals surface area contributed by atoms with Crippen LogP contribution in [-0.2, 0) is 6.42 Å². The lowest BCUT2D eigenvalue weighted by molar-refractivity contribution is 0.150. The molecule has 1 aromatic carbocycles. The monoisotopic (exact) mass is 247 g/mol. The molecular weight excluding hydrogens is 231 g/mol. The number of hydrogen-bond acceptors (Lipinski definition) is 2. The normalized spacial score (nSPS) is 10.9. The lowest BCUT2D eigenvalue weighted by Crippen LogP contribution is -2.02. The summed E-state index contributed by atoms with van der Waals surface area (Å²) in [6.07, 6.45) is -0.704. The molecule has 0 bridgehead atoms. The van der Waals surface area contributed by atoms with Gasteiger partial charge in [-0.05, 0) is 43.5 Å². The Hall–Kier alpha value is -1.23. The zero-order chi connectivity index (χ0) is 12.8.